The molecule has 0 aliphatic heterocycles. The number of hydrogen-bond acceptors (Lipinski definition) is 7. The van der Waals surface area contributed by atoms with Crippen LogP contribution < -0.4 is 14.8 Å². The van der Waals surface area contributed by atoms with E-state index in [1.54, 1.807) is 77.7 Å². The van der Waals surface area contributed by atoms with Crippen LogP contribution in [0.4, 0.5) is 17.2 Å². The lowest BCUT2D eigenvalue weighted by molar-refractivity contribution is 0.402. The fourth-order valence-electron chi connectivity index (χ4n) is 2.89. The summed E-state index contributed by atoms with van der Waals surface area (Å²) in [6.07, 6.45) is 3.45. The van der Waals surface area contributed by atoms with Gasteiger partial charge in [0.05, 0.1) is 7.11 Å². The van der Waals surface area contributed by atoms with Crippen molar-refractivity contribution in [2.45, 2.75) is 11.8 Å². The van der Waals surface area contributed by atoms with Gasteiger partial charge in [-0.2, -0.15) is 5.10 Å². The normalized spacial score (nSPS) is 11.2. The van der Waals surface area contributed by atoms with Gasteiger partial charge < -0.3 is 10.1 Å². The number of rotatable bonds is 7. The summed E-state index contributed by atoms with van der Waals surface area (Å²) in [4.78, 5) is 0.0877. The van der Waals surface area contributed by atoms with E-state index in [1.807, 2.05) is 6.92 Å². The third kappa shape index (κ3) is 4.64. The van der Waals surface area contributed by atoms with E-state index in [1.165, 1.54) is 7.11 Å². The van der Waals surface area contributed by atoms with Crippen LogP contribution in [0.15, 0.2) is 78.0 Å². The van der Waals surface area contributed by atoms with Crippen molar-refractivity contribution in [3.63, 3.8) is 0 Å². The molecule has 0 saturated carbocycles. The van der Waals surface area contributed by atoms with Crippen LogP contribution in [0.2, 0.25) is 0 Å². The van der Waals surface area contributed by atoms with Gasteiger partial charge in [-0.05, 0) is 67.1 Å². The smallest absolute Gasteiger partial charge is 0.265 e. The van der Waals surface area contributed by atoms with Gasteiger partial charge >= 0.3 is 0 Å². The number of ether oxygens (including phenoxy) is 1. The van der Waals surface area contributed by atoms with Gasteiger partial charge in [0.15, 0.2) is 11.6 Å². The molecular weight excluding hydrogens is 416 g/mol. The number of nitrogens with zero attached hydrogens (tertiary/aromatic N) is 4. The van der Waals surface area contributed by atoms with Crippen molar-refractivity contribution < 1.29 is 13.2 Å². The SMILES string of the molecule is COc1ccc(C)cc1S(=O)(=O)Nc1ccc(Nc2ccc(-n3cccn3)nn2)cc1. The van der Waals surface area contributed by atoms with Gasteiger partial charge in [-0.1, -0.05) is 6.07 Å². The first-order chi connectivity index (χ1) is 14.9. The Hall–Kier alpha value is -3.92. The molecule has 2 heterocycles. The molecule has 9 nitrogen and oxygen atoms in total. The van der Waals surface area contributed by atoms with E-state index in [0.29, 0.717) is 17.3 Å². The van der Waals surface area contributed by atoms with Crippen LogP contribution >= 0.6 is 0 Å². The summed E-state index contributed by atoms with van der Waals surface area (Å²) in [7, 11) is -2.36. The van der Waals surface area contributed by atoms with E-state index in [2.05, 4.69) is 25.3 Å². The fourth-order valence-corrected chi connectivity index (χ4v) is 4.21. The molecule has 0 amide bonds. The highest BCUT2D eigenvalue weighted by Crippen LogP contribution is 2.27. The molecule has 4 aromatic rings. The van der Waals surface area contributed by atoms with Gasteiger partial charge in [0.1, 0.15) is 10.6 Å². The maximum Gasteiger partial charge on any atom is 0.265 e. The molecule has 0 fully saturated rings. The minimum Gasteiger partial charge on any atom is -0.495 e. The Morgan fingerprint density at radius 2 is 1.74 bits per heavy atom. The van der Waals surface area contributed by atoms with Gasteiger partial charge in [-0.3, -0.25) is 4.72 Å². The highest BCUT2D eigenvalue weighted by Gasteiger charge is 2.19. The van der Waals surface area contributed by atoms with E-state index in [-0.39, 0.29) is 10.6 Å². The van der Waals surface area contributed by atoms with Crippen LogP contribution in [0.5, 0.6) is 5.75 Å². The van der Waals surface area contributed by atoms with E-state index in [9.17, 15) is 8.42 Å². The predicted molar refractivity (Wildman–Crippen MR) is 117 cm³/mol. The van der Waals surface area contributed by atoms with Crippen LogP contribution in [-0.2, 0) is 10.0 Å². The van der Waals surface area contributed by atoms with E-state index in [4.69, 9.17) is 4.74 Å². The molecule has 4 rings (SSSR count). The van der Waals surface area contributed by atoms with Gasteiger partial charge in [0, 0.05) is 23.8 Å². The minimum absolute atomic E-state index is 0.0877. The maximum absolute atomic E-state index is 12.8. The largest absolute Gasteiger partial charge is 0.495 e. The van der Waals surface area contributed by atoms with E-state index in [0.717, 1.165) is 11.3 Å². The number of aromatic nitrogens is 4. The van der Waals surface area contributed by atoms with Crippen LogP contribution in [-0.4, -0.2) is 35.5 Å². The highest BCUT2D eigenvalue weighted by molar-refractivity contribution is 7.92. The highest BCUT2D eigenvalue weighted by atomic mass is 32.2. The van der Waals surface area contributed by atoms with Crippen molar-refractivity contribution in [3.05, 3.63) is 78.6 Å². The number of nitrogens with one attached hydrogen (secondary N) is 2. The molecule has 0 spiro atoms. The third-order valence-corrected chi connectivity index (χ3v) is 5.81. The first-order valence-corrected chi connectivity index (χ1v) is 10.8. The van der Waals surface area contributed by atoms with Crippen molar-refractivity contribution in [2.24, 2.45) is 0 Å². The second kappa shape index (κ2) is 8.44. The summed E-state index contributed by atoms with van der Waals surface area (Å²) in [5, 5.41) is 15.5. The Kier molecular flexibility index (Phi) is 5.54. The molecule has 0 saturated heterocycles. The summed E-state index contributed by atoms with van der Waals surface area (Å²) in [5.41, 5.74) is 1.98. The molecule has 0 bridgehead atoms. The Morgan fingerprint density at radius 1 is 0.968 bits per heavy atom. The minimum atomic E-state index is -3.80. The van der Waals surface area contributed by atoms with Crippen LogP contribution in [0, 0.1) is 6.92 Å². The number of hydrogen-bond donors (Lipinski definition) is 2. The number of aryl methyl sites for hydroxylation is 1. The lowest BCUT2D eigenvalue weighted by Gasteiger charge is -2.13. The molecule has 2 aromatic carbocycles. The molecule has 0 unspecified atom stereocenters. The quantitative estimate of drug-likeness (QED) is 0.456. The summed E-state index contributed by atoms with van der Waals surface area (Å²) in [6.45, 7) is 1.82. The number of sulfonamides is 1. The molecule has 0 aliphatic carbocycles. The molecule has 31 heavy (non-hydrogen) atoms. The number of methoxy groups -OCH3 is 1. The first-order valence-electron chi connectivity index (χ1n) is 9.33. The zero-order chi connectivity index (χ0) is 21.8. The van der Waals surface area contributed by atoms with Crippen LogP contribution in [0.3, 0.4) is 0 Å². The Balaban J connectivity index is 1.46. The monoisotopic (exact) mass is 436 g/mol. The zero-order valence-electron chi connectivity index (χ0n) is 16.9. The summed E-state index contributed by atoms with van der Waals surface area (Å²) in [6, 6.07) is 17.2. The Labute approximate surface area is 179 Å². The van der Waals surface area contributed by atoms with Crippen molar-refractivity contribution >= 4 is 27.2 Å². The lowest BCUT2D eigenvalue weighted by atomic mass is 10.2. The Bertz CT molecular complexity index is 1270. The first kappa shape index (κ1) is 20.4. The number of benzene rings is 2. The standard InChI is InChI=1S/C21H20N6O3S/c1-15-4-9-18(30-2)19(14-15)31(28,29)26-17-7-5-16(6-8-17)23-20-10-11-21(25-24-20)27-13-3-12-22-27/h3-14,26H,1-2H3,(H,23,24). The van der Waals surface area contributed by atoms with Gasteiger partial charge in [0.25, 0.3) is 10.0 Å². The third-order valence-electron chi connectivity index (χ3n) is 4.41. The second-order valence-electron chi connectivity index (χ2n) is 6.69. The van der Waals surface area contributed by atoms with Crippen LogP contribution in [0.1, 0.15) is 5.56 Å². The molecule has 2 N–H and O–H groups in total. The molecule has 0 radical (unpaired) electrons. The van der Waals surface area contributed by atoms with Crippen molar-refractivity contribution in [3.8, 4) is 11.6 Å². The van der Waals surface area contributed by atoms with Crippen LogP contribution in [0.25, 0.3) is 5.82 Å². The fraction of sp³-hybridized carbons (Fsp3) is 0.0952. The average Bonchev–Trinajstić information content (AvgIpc) is 3.30. The summed E-state index contributed by atoms with van der Waals surface area (Å²) in [5.74, 6) is 1.44. The van der Waals surface area contributed by atoms with Gasteiger partial charge in [0.2, 0.25) is 0 Å². The zero-order valence-corrected chi connectivity index (χ0v) is 17.7. The summed E-state index contributed by atoms with van der Waals surface area (Å²) >= 11 is 0. The molecule has 0 atom stereocenters. The lowest BCUT2D eigenvalue weighted by Crippen LogP contribution is -2.14. The van der Waals surface area contributed by atoms with Gasteiger partial charge in [-0.15, -0.1) is 10.2 Å². The molecule has 2 aromatic heterocycles. The van der Waals surface area contributed by atoms with Crippen molar-refractivity contribution in [2.75, 3.05) is 17.1 Å². The van der Waals surface area contributed by atoms with E-state index < -0.39 is 10.0 Å². The van der Waals surface area contributed by atoms with Crippen molar-refractivity contribution in [1.82, 2.24) is 20.0 Å². The van der Waals surface area contributed by atoms with Gasteiger partial charge in [-0.25, -0.2) is 13.1 Å². The van der Waals surface area contributed by atoms with E-state index >= 15 is 0 Å². The molecule has 158 valence electrons. The second-order valence-corrected chi connectivity index (χ2v) is 8.34. The summed E-state index contributed by atoms with van der Waals surface area (Å²) < 4.78 is 35.0. The maximum atomic E-state index is 12.8. The topological polar surface area (TPSA) is 111 Å². The molecule has 0 aliphatic rings. The Morgan fingerprint density at radius 3 is 2.39 bits per heavy atom. The molecule has 10 heteroatoms. The molecular formula is C21H20N6O3S. The average molecular weight is 436 g/mol. The predicted octanol–water partition coefficient (Wildman–Crippen LogP) is 3.52. The van der Waals surface area contributed by atoms with Crippen molar-refractivity contribution in [1.29, 1.82) is 0 Å². The number of anilines is 3.